The first-order chi connectivity index (χ1) is 6.15. The number of piperidine rings is 1. The van der Waals surface area contributed by atoms with Gasteiger partial charge in [0, 0.05) is 20.2 Å². The molecule has 1 rings (SSSR count). The van der Waals surface area contributed by atoms with Crippen LogP contribution >= 0.6 is 10.9 Å². The normalized spacial score (nSPS) is 20.2. The van der Waals surface area contributed by atoms with Gasteiger partial charge in [-0.3, -0.25) is 4.79 Å². The molecule has 0 N–H and O–H groups in total. The molecule has 1 heterocycles. The number of carbonyl (C=O) groups excluding carboxylic acids is 1. The minimum absolute atomic E-state index is 0.338. The van der Waals surface area contributed by atoms with Crippen LogP contribution in [0.5, 0.6) is 0 Å². The molecule has 0 spiro atoms. The minimum Gasteiger partial charge on any atom is -0.381 e. The molecule has 0 aromatic rings. The van der Waals surface area contributed by atoms with Gasteiger partial charge in [-0.05, 0) is 25.4 Å². The highest BCUT2D eigenvalue weighted by atomic mass is 32.2. The van der Waals surface area contributed by atoms with Gasteiger partial charge in [-0.2, -0.15) is 10.9 Å². The molecule has 3 nitrogen and oxygen atoms in total. The number of hydrogen-bond donors (Lipinski definition) is 1. The van der Waals surface area contributed by atoms with Crippen LogP contribution in [0, 0.1) is 0 Å². The van der Waals surface area contributed by atoms with Crippen molar-refractivity contribution in [2.24, 2.45) is 0 Å². The van der Waals surface area contributed by atoms with E-state index in [1.165, 1.54) is 0 Å². The fourth-order valence-corrected chi connectivity index (χ4v) is 2.33. The molecular formula is C9H19NO2S. The SMILES string of the molecule is COC1CCN(C(=O)[SH](C)C)CC1. The Labute approximate surface area is 82.8 Å². The fraction of sp³-hybridized carbons (Fsp3) is 0.889. The van der Waals surface area contributed by atoms with E-state index in [0.717, 1.165) is 25.9 Å². The summed E-state index contributed by atoms with van der Waals surface area (Å²) < 4.78 is 5.25. The van der Waals surface area contributed by atoms with Gasteiger partial charge in [0.25, 0.3) is 5.24 Å². The molecule has 1 saturated heterocycles. The number of ether oxygens (including phenoxy) is 1. The van der Waals surface area contributed by atoms with Crippen LogP contribution < -0.4 is 0 Å². The first kappa shape index (κ1) is 10.9. The van der Waals surface area contributed by atoms with Gasteiger partial charge in [-0.25, -0.2) is 0 Å². The summed E-state index contributed by atoms with van der Waals surface area (Å²) >= 11 is 0. The third kappa shape index (κ3) is 2.88. The Morgan fingerprint density at radius 2 is 1.92 bits per heavy atom. The number of carbonyl (C=O) groups is 1. The lowest BCUT2D eigenvalue weighted by Crippen LogP contribution is -2.39. The highest BCUT2D eigenvalue weighted by Crippen LogP contribution is 2.23. The van der Waals surface area contributed by atoms with E-state index < -0.39 is 10.9 Å². The molecule has 78 valence electrons. The molecular weight excluding hydrogens is 186 g/mol. The Kier molecular flexibility index (Phi) is 4.06. The topological polar surface area (TPSA) is 29.5 Å². The summed E-state index contributed by atoms with van der Waals surface area (Å²) in [5.74, 6) is 0. The lowest BCUT2D eigenvalue weighted by molar-refractivity contribution is 0.0536. The number of likely N-dealkylation sites (tertiary alicyclic amines) is 1. The van der Waals surface area contributed by atoms with Gasteiger partial charge in [0.1, 0.15) is 0 Å². The largest absolute Gasteiger partial charge is 0.381 e. The van der Waals surface area contributed by atoms with Crippen LogP contribution in [0.2, 0.25) is 0 Å². The Morgan fingerprint density at radius 3 is 2.31 bits per heavy atom. The van der Waals surface area contributed by atoms with Crippen LogP contribution in [0.3, 0.4) is 0 Å². The third-order valence-electron chi connectivity index (χ3n) is 2.43. The molecule has 4 heteroatoms. The second kappa shape index (κ2) is 4.86. The summed E-state index contributed by atoms with van der Waals surface area (Å²) in [6.07, 6.45) is 6.38. The first-order valence-corrected chi connectivity index (χ1v) is 6.87. The van der Waals surface area contributed by atoms with E-state index in [9.17, 15) is 4.79 Å². The van der Waals surface area contributed by atoms with Crippen molar-refractivity contribution in [3.05, 3.63) is 0 Å². The Morgan fingerprint density at radius 1 is 1.38 bits per heavy atom. The van der Waals surface area contributed by atoms with E-state index in [1.807, 2.05) is 17.4 Å². The number of thiol groups is 1. The quantitative estimate of drug-likeness (QED) is 0.657. The fourth-order valence-electron chi connectivity index (χ4n) is 1.57. The molecule has 0 saturated carbocycles. The number of amides is 1. The molecule has 1 aliphatic rings. The maximum absolute atomic E-state index is 11.6. The maximum Gasteiger partial charge on any atom is 0.261 e. The van der Waals surface area contributed by atoms with Crippen LogP contribution in [0.15, 0.2) is 0 Å². The van der Waals surface area contributed by atoms with Crippen LogP contribution in [0.25, 0.3) is 0 Å². The number of methoxy groups -OCH3 is 1. The predicted octanol–water partition coefficient (Wildman–Crippen LogP) is 1.48. The van der Waals surface area contributed by atoms with Crippen molar-refractivity contribution in [2.45, 2.75) is 18.9 Å². The zero-order valence-corrected chi connectivity index (χ0v) is 9.51. The number of rotatable bonds is 1. The summed E-state index contributed by atoms with van der Waals surface area (Å²) in [7, 11) is 1.29. The van der Waals surface area contributed by atoms with Crippen molar-refractivity contribution in [3.63, 3.8) is 0 Å². The molecule has 0 radical (unpaired) electrons. The molecule has 0 aromatic heterocycles. The van der Waals surface area contributed by atoms with Gasteiger partial charge in [-0.15, -0.1) is 0 Å². The molecule has 0 bridgehead atoms. The van der Waals surface area contributed by atoms with Gasteiger partial charge in [-0.1, -0.05) is 0 Å². The summed E-state index contributed by atoms with van der Waals surface area (Å²) in [5, 5.41) is 0.338. The van der Waals surface area contributed by atoms with Gasteiger partial charge in [0.05, 0.1) is 6.10 Å². The van der Waals surface area contributed by atoms with Gasteiger partial charge >= 0.3 is 0 Å². The highest BCUT2D eigenvalue weighted by molar-refractivity contribution is 8.28. The van der Waals surface area contributed by atoms with Crippen molar-refractivity contribution >= 4 is 16.1 Å². The zero-order valence-electron chi connectivity index (χ0n) is 8.62. The summed E-state index contributed by atoms with van der Waals surface area (Å²) in [6.45, 7) is 1.75. The van der Waals surface area contributed by atoms with E-state index in [2.05, 4.69) is 0 Å². The Balaban J connectivity index is 2.36. The van der Waals surface area contributed by atoms with Crippen LogP contribution in [-0.4, -0.2) is 49.0 Å². The molecule has 0 atom stereocenters. The molecule has 13 heavy (non-hydrogen) atoms. The van der Waals surface area contributed by atoms with Gasteiger partial charge in [0.15, 0.2) is 0 Å². The lowest BCUT2D eigenvalue weighted by atomic mass is 10.1. The van der Waals surface area contributed by atoms with Crippen molar-refractivity contribution in [3.8, 4) is 0 Å². The van der Waals surface area contributed by atoms with Crippen molar-refractivity contribution < 1.29 is 9.53 Å². The lowest BCUT2D eigenvalue weighted by Gasteiger charge is -2.32. The third-order valence-corrected chi connectivity index (χ3v) is 3.48. The second-order valence-corrected chi connectivity index (χ2v) is 5.77. The number of hydrogen-bond acceptors (Lipinski definition) is 2. The van der Waals surface area contributed by atoms with Gasteiger partial charge in [0.2, 0.25) is 0 Å². The first-order valence-electron chi connectivity index (χ1n) is 4.64. The minimum atomic E-state index is -0.457. The summed E-state index contributed by atoms with van der Waals surface area (Å²) in [5.41, 5.74) is 0. The molecule has 0 aliphatic carbocycles. The highest BCUT2D eigenvalue weighted by Gasteiger charge is 2.22. The smallest absolute Gasteiger partial charge is 0.261 e. The molecule has 1 amide bonds. The van der Waals surface area contributed by atoms with E-state index in [1.54, 1.807) is 7.11 Å². The standard InChI is InChI=1S/C9H19NO2S/c1-12-8-4-6-10(7-5-8)9(11)13(2)3/h8,13H,4-7H2,1-3H3. The Bertz CT molecular complexity index is 176. The average molecular weight is 205 g/mol. The van der Waals surface area contributed by atoms with Crippen molar-refractivity contribution in [1.82, 2.24) is 4.90 Å². The maximum atomic E-state index is 11.6. The predicted molar refractivity (Wildman–Crippen MR) is 57.8 cm³/mol. The monoisotopic (exact) mass is 205 g/mol. The zero-order chi connectivity index (χ0) is 9.84. The average Bonchev–Trinajstić information content (AvgIpc) is 2.17. The van der Waals surface area contributed by atoms with Crippen molar-refractivity contribution in [1.29, 1.82) is 0 Å². The van der Waals surface area contributed by atoms with Crippen molar-refractivity contribution in [2.75, 3.05) is 32.7 Å². The Hall–Kier alpha value is -0.220. The van der Waals surface area contributed by atoms with E-state index >= 15 is 0 Å². The molecule has 1 aliphatic heterocycles. The summed E-state index contributed by atoms with van der Waals surface area (Å²) in [4.78, 5) is 13.6. The number of nitrogens with zero attached hydrogens (tertiary/aromatic N) is 1. The molecule has 0 unspecified atom stereocenters. The van der Waals surface area contributed by atoms with Crippen LogP contribution in [0.1, 0.15) is 12.8 Å². The van der Waals surface area contributed by atoms with Crippen LogP contribution in [0.4, 0.5) is 4.79 Å². The second-order valence-electron chi connectivity index (χ2n) is 3.60. The molecule has 0 aromatic carbocycles. The van der Waals surface area contributed by atoms with E-state index in [-0.39, 0.29) is 0 Å². The summed E-state index contributed by atoms with van der Waals surface area (Å²) in [6, 6.07) is 0. The van der Waals surface area contributed by atoms with E-state index in [4.69, 9.17) is 4.74 Å². The van der Waals surface area contributed by atoms with Gasteiger partial charge < -0.3 is 9.64 Å². The van der Waals surface area contributed by atoms with Crippen LogP contribution in [-0.2, 0) is 4.74 Å². The molecule has 1 fully saturated rings. The van der Waals surface area contributed by atoms with E-state index in [0.29, 0.717) is 11.3 Å².